The molecule has 25 heavy (non-hydrogen) atoms. The molecule has 4 nitrogen and oxygen atoms in total. The number of thioether (sulfide) groups is 1. The number of ether oxygens (including phenoxy) is 1. The molecule has 2 aromatic carbocycles. The summed E-state index contributed by atoms with van der Waals surface area (Å²) >= 11 is 1.54. The van der Waals surface area contributed by atoms with Crippen molar-refractivity contribution in [1.82, 2.24) is 14.8 Å². The predicted molar refractivity (Wildman–Crippen MR) is 95.8 cm³/mol. The molecule has 0 N–H and O–H groups in total. The molecule has 4 rings (SSSR count). The van der Waals surface area contributed by atoms with E-state index in [0.29, 0.717) is 17.4 Å². The molecular formula is C19H18FN3OS. The van der Waals surface area contributed by atoms with Crippen LogP contribution in [0.2, 0.25) is 0 Å². The molecule has 128 valence electrons. The fourth-order valence-electron chi connectivity index (χ4n) is 2.80. The van der Waals surface area contributed by atoms with Gasteiger partial charge in [-0.1, -0.05) is 30.0 Å². The van der Waals surface area contributed by atoms with Crippen LogP contribution in [0, 0.1) is 5.82 Å². The summed E-state index contributed by atoms with van der Waals surface area (Å²) in [6.07, 6.45) is 2.32. The monoisotopic (exact) mass is 355 g/mol. The SMILES string of the molecule is COc1ccc(F)cc1CSc1nnc(C2CC2)n1-c1ccccc1. The van der Waals surface area contributed by atoms with Crippen LogP contribution in [0.1, 0.15) is 30.1 Å². The van der Waals surface area contributed by atoms with Crippen molar-refractivity contribution in [3.05, 3.63) is 65.7 Å². The summed E-state index contributed by atoms with van der Waals surface area (Å²) in [4.78, 5) is 0. The quantitative estimate of drug-likeness (QED) is 0.607. The third-order valence-corrected chi connectivity index (χ3v) is 5.19. The highest BCUT2D eigenvalue weighted by Gasteiger charge is 2.31. The highest BCUT2D eigenvalue weighted by Crippen LogP contribution is 2.41. The van der Waals surface area contributed by atoms with E-state index in [1.165, 1.54) is 12.1 Å². The third-order valence-electron chi connectivity index (χ3n) is 4.21. The van der Waals surface area contributed by atoms with Crippen LogP contribution in [0.25, 0.3) is 5.69 Å². The highest BCUT2D eigenvalue weighted by atomic mass is 32.2. The van der Waals surface area contributed by atoms with Crippen molar-refractivity contribution in [3.63, 3.8) is 0 Å². The Balaban J connectivity index is 1.64. The van der Waals surface area contributed by atoms with Gasteiger partial charge in [0.05, 0.1) is 7.11 Å². The van der Waals surface area contributed by atoms with Gasteiger partial charge in [0, 0.05) is 22.9 Å². The van der Waals surface area contributed by atoms with Crippen molar-refractivity contribution in [2.75, 3.05) is 7.11 Å². The Bertz CT molecular complexity index is 878. The van der Waals surface area contributed by atoms with E-state index in [0.717, 1.165) is 35.1 Å². The molecule has 3 aromatic rings. The first kappa shape index (κ1) is 16.1. The largest absolute Gasteiger partial charge is 0.496 e. The molecule has 1 saturated carbocycles. The van der Waals surface area contributed by atoms with E-state index in [9.17, 15) is 4.39 Å². The number of aromatic nitrogens is 3. The maximum absolute atomic E-state index is 13.6. The van der Waals surface area contributed by atoms with Gasteiger partial charge >= 0.3 is 0 Å². The average molecular weight is 355 g/mol. The summed E-state index contributed by atoms with van der Waals surface area (Å²) in [5, 5.41) is 9.62. The van der Waals surface area contributed by atoms with Crippen molar-refractivity contribution in [1.29, 1.82) is 0 Å². The normalized spacial score (nSPS) is 13.8. The summed E-state index contributed by atoms with van der Waals surface area (Å²) in [6.45, 7) is 0. The van der Waals surface area contributed by atoms with Gasteiger partial charge in [-0.15, -0.1) is 10.2 Å². The molecule has 1 heterocycles. The molecule has 1 fully saturated rings. The second-order valence-electron chi connectivity index (χ2n) is 6.03. The number of rotatable bonds is 6. The number of halogens is 1. The molecule has 1 aromatic heterocycles. The minimum atomic E-state index is -0.264. The zero-order valence-corrected chi connectivity index (χ0v) is 14.7. The van der Waals surface area contributed by atoms with Crippen LogP contribution >= 0.6 is 11.8 Å². The number of nitrogens with zero attached hydrogens (tertiary/aromatic N) is 3. The number of benzene rings is 2. The lowest BCUT2D eigenvalue weighted by atomic mass is 10.2. The second kappa shape index (κ2) is 6.88. The number of hydrogen-bond donors (Lipinski definition) is 0. The van der Waals surface area contributed by atoms with Gasteiger partial charge in [-0.05, 0) is 43.2 Å². The van der Waals surface area contributed by atoms with E-state index >= 15 is 0 Å². The van der Waals surface area contributed by atoms with E-state index < -0.39 is 0 Å². The maximum Gasteiger partial charge on any atom is 0.196 e. The van der Waals surface area contributed by atoms with Crippen LogP contribution in [0.5, 0.6) is 5.75 Å². The molecule has 0 spiro atoms. The molecule has 0 radical (unpaired) electrons. The minimum absolute atomic E-state index is 0.264. The molecule has 6 heteroatoms. The Morgan fingerprint density at radius 2 is 1.96 bits per heavy atom. The third kappa shape index (κ3) is 3.39. The lowest BCUT2D eigenvalue weighted by Gasteiger charge is -2.11. The van der Waals surface area contributed by atoms with E-state index in [2.05, 4.69) is 26.9 Å². The molecule has 1 aliphatic carbocycles. The van der Waals surface area contributed by atoms with Gasteiger partial charge in [0.25, 0.3) is 0 Å². The fourth-order valence-corrected chi connectivity index (χ4v) is 3.74. The predicted octanol–water partition coefficient (Wildman–Crippen LogP) is 4.58. The molecule has 1 aliphatic rings. The molecule has 0 aliphatic heterocycles. The first-order valence-electron chi connectivity index (χ1n) is 8.22. The van der Waals surface area contributed by atoms with Gasteiger partial charge in [-0.3, -0.25) is 4.57 Å². The molecule has 0 amide bonds. The zero-order valence-electron chi connectivity index (χ0n) is 13.9. The van der Waals surface area contributed by atoms with Crippen molar-refractivity contribution in [3.8, 4) is 11.4 Å². The molecule has 0 unspecified atom stereocenters. The Hall–Kier alpha value is -2.34. The lowest BCUT2D eigenvalue weighted by molar-refractivity contribution is 0.410. The summed E-state index contributed by atoms with van der Waals surface area (Å²) in [6, 6.07) is 14.7. The lowest BCUT2D eigenvalue weighted by Crippen LogP contribution is -2.01. The van der Waals surface area contributed by atoms with E-state index in [-0.39, 0.29) is 5.82 Å². The Morgan fingerprint density at radius 3 is 2.68 bits per heavy atom. The van der Waals surface area contributed by atoms with Gasteiger partial charge in [0.2, 0.25) is 0 Å². The first-order chi connectivity index (χ1) is 12.3. The molecule has 0 saturated heterocycles. The van der Waals surface area contributed by atoms with E-state index in [4.69, 9.17) is 4.74 Å². The number of para-hydroxylation sites is 1. The number of hydrogen-bond acceptors (Lipinski definition) is 4. The van der Waals surface area contributed by atoms with Gasteiger partial charge in [-0.2, -0.15) is 0 Å². The van der Waals surface area contributed by atoms with E-state index in [1.807, 2.05) is 18.2 Å². The first-order valence-corrected chi connectivity index (χ1v) is 9.21. The van der Waals surface area contributed by atoms with Crippen LogP contribution < -0.4 is 4.74 Å². The number of methoxy groups -OCH3 is 1. The van der Waals surface area contributed by atoms with Crippen molar-refractivity contribution < 1.29 is 9.13 Å². The van der Waals surface area contributed by atoms with Crippen LogP contribution in [0.15, 0.2) is 53.7 Å². The smallest absolute Gasteiger partial charge is 0.196 e. The second-order valence-corrected chi connectivity index (χ2v) is 6.97. The summed E-state index contributed by atoms with van der Waals surface area (Å²) in [5.41, 5.74) is 1.87. The topological polar surface area (TPSA) is 39.9 Å². The van der Waals surface area contributed by atoms with Gasteiger partial charge < -0.3 is 4.74 Å². The summed E-state index contributed by atoms with van der Waals surface area (Å²) in [7, 11) is 1.60. The van der Waals surface area contributed by atoms with Gasteiger partial charge in [-0.25, -0.2) is 4.39 Å². The fraction of sp³-hybridized carbons (Fsp3) is 0.263. The summed E-state index contributed by atoms with van der Waals surface area (Å²) in [5.74, 6) is 2.49. The molecule has 0 atom stereocenters. The molecular weight excluding hydrogens is 337 g/mol. The standard InChI is InChI=1S/C19H18FN3OS/c1-24-17-10-9-15(20)11-14(17)12-25-19-22-21-18(13-7-8-13)23(19)16-5-3-2-4-6-16/h2-6,9-11,13H,7-8,12H2,1H3. The van der Waals surface area contributed by atoms with Gasteiger partial charge in [0.15, 0.2) is 5.16 Å². The Kier molecular flexibility index (Phi) is 4.44. The van der Waals surface area contributed by atoms with Gasteiger partial charge in [0.1, 0.15) is 17.4 Å². The minimum Gasteiger partial charge on any atom is -0.496 e. The van der Waals surface area contributed by atoms with Crippen LogP contribution in [0.3, 0.4) is 0 Å². The van der Waals surface area contributed by atoms with Crippen LogP contribution in [-0.4, -0.2) is 21.9 Å². The maximum atomic E-state index is 13.6. The molecule has 0 bridgehead atoms. The Labute approximate surface area is 150 Å². The van der Waals surface area contributed by atoms with Crippen LogP contribution in [-0.2, 0) is 5.75 Å². The van der Waals surface area contributed by atoms with Crippen molar-refractivity contribution >= 4 is 11.8 Å². The summed E-state index contributed by atoms with van der Waals surface area (Å²) < 4.78 is 21.0. The highest BCUT2D eigenvalue weighted by molar-refractivity contribution is 7.98. The van der Waals surface area contributed by atoms with Crippen molar-refractivity contribution in [2.24, 2.45) is 0 Å². The van der Waals surface area contributed by atoms with E-state index in [1.54, 1.807) is 24.9 Å². The van der Waals surface area contributed by atoms with Crippen molar-refractivity contribution in [2.45, 2.75) is 29.7 Å². The zero-order chi connectivity index (χ0) is 17.2. The van der Waals surface area contributed by atoms with Crippen LogP contribution in [0.4, 0.5) is 4.39 Å². The average Bonchev–Trinajstić information content (AvgIpc) is 3.40. The Morgan fingerprint density at radius 1 is 1.16 bits per heavy atom.